The monoisotopic (exact) mass is 862 g/mol. The summed E-state index contributed by atoms with van der Waals surface area (Å²) in [7, 11) is 3.05. The Hall–Kier alpha value is -4.56. The second-order valence-corrected chi connectivity index (χ2v) is 15.8. The number of carbonyl (C=O) groups is 8. The topological polar surface area (TPSA) is 301 Å². The van der Waals surface area contributed by atoms with E-state index in [0.717, 1.165) is 0 Å². The van der Waals surface area contributed by atoms with Crippen LogP contribution < -0.4 is 10.6 Å². The highest BCUT2D eigenvalue weighted by atomic mass is 16.4. The molecule has 2 fully saturated rings. The van der Waals surface area contributed by atoms with E-state index in [1.807, 2.05) is 0 Å². The van der Waals surface area contributed by atoms with Crippen molar-refractivity contribution in [2.75, 3.05) is 184 Å². The van der Waals surface area contributed by atoms with Crippen LogP contribution in [0.1, 0.15) is 0 Å². The van der Waals surface area contributed by atoms with Gasteiger partial charge in [-0.15, -0.1) is 0 Å². The molecule has 2 heterocycles. The van der Waals surface area contributed by atoms with Crippen molar-refractivity contribution in [2.45, 2.75) is 0 Å². The molecule has 2 rings (SSSR count). The normalized spacial score (nSPS) is 22.8. The van der Waals surface area contributed by atoms with E-state index < -0.39 is 60.7 Å². The van der Waals surface area contributed by atoms with Gasteiger partial charge in [0.15, 0.2) is 26.2 Å². The van der Waals surface area contributed by atoms with E-state index in [9.17, 15) is 69.0 Å². The van der Waals surface area contributed by atoms with E-state index in [1.54, 1.807) is 19.6 Å². The Kier molecular flexibility index (Phi) is 22.3. The Balaban J connectivity index is 2.20. The number of rotatable bonds is 19. The third-order valence-electron chi connectivity index (χ3n) is 10.9. The van der Waals surface area contributed by atoms with Gasteiger partial charge in [0, 0.05) is 106 Å². The summed E-state index contributed by atoms with van der Waals surface area (Å²) in [6.07, 6.45) is 0. The van der Waals surface area contributed by atoms with Gasteiger partial charge in [-0.2, -0.15) is 0 Å². The Morgan fingerprint density at radius 2 is 0.717 bits per heavy atom. The number of hydrogen-bond acceptors (Lipinski definition) is 14. The van der Waals surface area contributed by atoms with Gasteiger partial charge in [0.05, 0.1) is 52.4 Å². The predicted molar refractivity (Wildman–Crippen MR) is 212 cm³/mol. The molecule has 0 saturated carbocycles. The SMILES string of the molecule is CN(CCN(C)C(=O)C[N+]1(CC(=O)O)CCNCCN(CC(=O)O)CCN(CC(=O)O)CC1)C(=O)C[N+]1(CC(=O)O)CCNCCN(CC(=O)O)CCN(CC(=O)O)CC1. The average molecular weight is 863 g/mol. The smallest absolute Gasteiger partial charge is 0.359 e. The minimum Gasteiger partial charge on any atom is -0.480 e. The number of amides is 2. The van der Waals surface area contributed by atoms with E-state index in [1.165, 1.54) is 23.9 Å². The number of quaternary nitrogens is 2. The quantitative estimate of drug-likeness (QED) is 0.0562. The molecule has 2 amide bonds. The molecule has 24 nitrogen and oxygen atoms in total. The lowest BCUT2D eigenvalue weighted by Gasteiger charge is -2.40. The predicted octanol–water partition coefficient (Wildman–Crippen LogP) is -5.54. The number of carbonyl (C=O) groups excluding carboxylic acids is 2. The molecule has 342 valence electrons. The van der Waals surface area contributed by atoms with Crippen molar-refractivity contribution in [3.05, 3.63) is 0 Å². The van der Waals surface area contributed by atoms with Crippen LogP contribution in [-0.2, 0) is 38.4 Å². The number of nitrogens with one attached hydrogen (secondary N) is 2. The third-order valence-corrected chi connectivity index (χ3v) is 10.9. The van der Waals surface area contributed by atoms with E-state index >= 15 is 0 Å². The number of aliphatic carboxylic acids is 6. The summed E-state index contributed by atoms with van der Waals surface area (Å²) < 4.78 is -0.399. The van der Waals surface area contributed by atoms with Gasteiger partial charge < -0.3 is 60.0 Å². The molecule has 2 aliphatic heterocycles. The maximum atomic E-state index is 13.8. The van der Waals surface area contributed by atoms with Gasteiger partial charge in [-0.05, 0) is 0 Å². The van der Waals surface area contributed by atoms with Crippen molar-refractivity contribution in [3.63, 3.8) is 0 Å². The summed E-state index contributed by atoms with van der Waals surface area (Å²) >= 11 is 0. The van der Waals surface area contributed by atoms with E-state index in [0.29, 0.717) is 39.3 Å². The highest BCUT2D eigenvalue weighted by Crippen LogP contribution is 2.13. The van der Waals surface area contributed by atoms with Crippen molar-refractivity contribution in [2.24, 2.45) is 0 Å². The van der Waals surface area contributed by atoms with Gasteiger partial charge in [0.1, 0.15) is 0 Å². The highest BCUT2D eigenvalue weighted by Gasteiger charge is 2.37. The standard InChI is InChI=1S/C36H64N10O14/c1-39(29(47)25-45(27-35(57)58)17-5-37-3-7-41(21-31(49)50)11-13-43(15-19-45)23-33(53)54)9-10-40(2)30(48)26-46(28-36(59)60)18-6-38-4-8-42(22-32(51)52)12-14-44(16-20-46)24-34(55)56/h37-38H,3-28H2,1-2H3,(H4-2,49,50,51,52,53,54,55,56,57,58,59,60)/p+2. The number of carboxylic acid groups (broad SMARTS) is 6. The zero-order valence-electron chi connectivity index (χ0n) is 34.9. The number of nitrogens with zero attached hydrogens (tertiary/aromatic N) is 8. The van der Waals surface area contributed by atoms with Crippen LogP contribution >= 0.6 is 0 Å². The lowest BCUT2D eigenvalue weighted by Crippen LogP contribution is -2.62. The first kappa shape index (κ1) is 51.6. The Labute approximate surface area is 349 Å². The van der Waals surface area contributed by atoms with E-state index in [2.05, 4.69) is 10.6 Å². The van der Waals surface area contributed by atoms with Crippen LogP contribution in [0, 0.1) is 0 Å². The van der Waals surface area contributed by atoms with Crippen molar-refractivity contribution < 1.29 is 78.0 Å². The van der Waals surface area contributed by atoms with Crippen molar-refractivity contribution in [1.82, 2.24) is 40.0 Å². The molecule has 0 aromatic heterocycles. The van der Waals surface area contributed by atoms with Gasteiger partial charge in [-0.1, -0.05) is 0 Å². The molecule has 0 spiro atoms. The molecule has 60 heavy (non-hydrogen) atoms. The molecule has 24 heteroatoms. The fourth-order valence-electron chi connectivity index (χ4n) is 7.38. The molecule has 2 aliphatic rings. The summed E-state index contributed by atoms with van der Waals surface area (Å²) in [6, 6.07) is 0. The molecule has 2 saturated heterocycles. The van der Waals surface area contributed by atoms with Crippen LogP contribution in [0.5, 0.6) is 0 Å². The second-order valence-electron chi connectivity index (χ2n) is 15.8. The highest BCUT2D eigenvalue weighted by molar-refractivity contribution is 5.79. The fourth-order valence-corrected chi connectivity index (χ4v) is 7.38. The summed E-state index contributed by atoms with van der Waals surface area (Å²) in [5.74, 6) is -7.38. The molecule has 0 radical (unpaired) electrons. The number of likely N-dealkylation sites (N-methyl/N-ethyl adjacent to an activating group) is 2. The average Bonchev–Trinajstić information content (AvgIpc) is 3.12. The van der Waals surface area contributed by atoms with E-state index in [-0.39, 0.29) is 127 Å². The minimum atomic E-state index is -1.15. The minimum absolute atomic E-state index is 0.0522. The maximum absolute atomic E-state index is 13.8. The van der Waals surface area contributed by atoms with Crippen molar-refractivity contribution in [1.29, 1.82) is 0 Å². The summed E-state index contributed by atoms with van der Waals surface area (Å²) in [4.78, 5) is 107. The Morgan fingerprint density at radius 3 is 1.00 bits per heavy atom. The van der Waals surface area contributed by atoms with Gasteiger partial charge in [-0.3, -0.25) is 48.4 Å². The zero-order valence-corrected chi connectivity index (χ0v) is 34.9. The largest absolute Gasteiger partial charge is 0.480 e. The summed E-state index contributed by atoms with van der Waals surface area (Å²) in [5, 5.41) is 64.1. The Bertz CT molecular complexity index is 1370. The summed E-state index contributed by atoms with van der Waals surface area (Å²) in [5.41, 5.74) is 0. The molecular formula is C36H66N10O14+2. The van der Waals surface area contributed by atoms with E-state index in [4.69, 9.17) is 0 Å². The second kappa shape index (κ2) is 25.9. The first-order chi connectivity index (χ1) is 28.2. The maximum Gasteiger partial charge on any atom is 0.359 e. The first-order valence-electron chi connectivity index (χ1n) is 20.0. The van der Waals surface area contributed by atoms with Crippen LogP contribution in [0.2, 0.25) is 0 Å². The van der Waals surface area contributed by atoms with Gasteiger partial charge in [0.25, 0.3) is 11.8 Å². The lowest BCUT2D eigenvalue weighted by atomic mass is 10.2. The summed E-state index contributed by atoms with van der Waals surface area (Å²) in [6.45, 7) is 1.47. The fraction of sp³-hybridized carbons (Fsp3) is 0.778. The molecule has 2 unspecified atom stereocenters. The molecule has 0 aromatic carbocycles. The van der Waals surface area contributed by atoms with Gasteiger partial charge in [0.2, 0.25) is 0 Å². The molecule has 0 aromatic rings. The van der Waals surface area contributed by atoms with Crippen molar-refractivity contribution in [3.8, 4) is 0 Å². The van der Waals surface area contributed by atoms with Gasteiger partial charge in [-0.25, -0.2) is 9.59 Å². The molecule has 0 aliphatic carbocycles. The van der Waals surface area contributed by atoms with Gasteiger partial charge >= 0.3 is 35.8 Å². The number of carboxylic acids is 6. The zero-order chi connectivity index (χ0) is 44.9. The van der Waals surface area contributed by atoms with Crippen molar-refractivity contribution >= 4 is 47.6 Å². The van der Waals surface area contributed by atoms with Crippen LogP contribution in [0.4, 0.5) is 0 Å². The lowest BCUT2D eigenvalue weighted by molar-refractivity contribution is -0.912. The molecule has 2 atom stereocenters. The third kappa shape index (κ3) is 20.6. The van der Waals surface area contributed by atoms with Crippen LogP contribution in [-0.4, -0.2) is 301 Å². The first-order valence-corrected chi connectivity index (χ1v) is 20.0. The van der Waals surface area contributed by atoms with Crippen LogP contribution in [0.3, 0.4) is 0 Å². The number of hydrogen-bond donors (Lipinski definition) is 8. The molecule has 8 N–H and O–H groups in total. The Morgan fingerprint density at radius 1 is 0.417 bits per heavy atom. The molecular weight excluding hydrogens is 796 g/mol. The van der Waals surface area contributed by atoms with Crippen LogP contribution in [0.25, 0.3) is 0 Å². The van der Waals surface area contributed by atoms with Crippen LogP contribution in [0.15, 0.2) is 0 Å². The molecule has 0 bridgehead atoms.